The quantitative estimate of drug-likeness (QED) is 0.265. The summed E-state index contributed by atoms with van der Waals surface area (Å²) in [6.45, 7) is 0. The van der Waals surface area contributed by atoms with E-state index >= 15 is 0 Å². The molecule has 6 rings (SSSR count). The van der Waals surface area contributed by atoms with Crippen LogP contribution >= 0.6 is 0 Å². The van der Waals surface area contributed by atoms with Crippen molar-refractivity contribution < 1.29 is 0 Å². The van der Waals surface area contributed by atoms with Crippen LogP contribution in [0.5, 0.6) is 0 Å². The SMILES string of the molecule is C(=C(\c1ccccc1)c1ccncc1)/c1ccc(-n2c3ccccc3c3ccccc32)cc1. The molecule has 0 amide bonds. The second-order valence-electron chi connectivity index (χ2n) is 8.12. The summed E-state index contributed by atoms with van der Waals surface area (Å²) in [5.41, 5.74) is 8.30. The van der Waals surface area contributed by atoms with Crippen molar-refractivity contribution in [3.05, 3.63) is 144 Å². The van der Waals surface area contributed by atoms with Gasteiger partial charge in [-0.1, -0.05) is 78.9 Å². The molecule has 4 aromatic carbocycles. The van der Waals surface area contributed by atoms with Gasteiger partial charge in [-0.3, -0.25) is 4.98 Å². The van der Waals surface area contributed by atoms with Crippen LogP contribution in [0.25, 0.3) is 39.1 Å². The van der Waals surface area contributed by atoms with Crippen molar-refractivity contribution in [2.24, 2.45) is 0 Å². The van der Waals surface area contributed by atoms with Crippen molar-refractivity contribution in [1.29, 1.82) is 0 Å². The topological polar surface area (TPSA) is 17.8 Å². The Morgan fingerprint density at radius 1 is 0.545 bits per heavy atom. The van der Waals surface area contributed by atoms with E-state index in [-0.39, 0.29) is 0 Å². The zero-order valence-corrected chi connectivity index (χ0v) is 18.1. The minimum absolute atomic E-state index is 1.16. The average Bonchev–Trinajstić information content (AvgIpc) is 3.23. The lowest BCUT2D eigenvalue weighted by molar-refractivity contribution is 1.18. The number of para-hydroxylation sites is 2. The molecule has 2 heteroatoms. The summed E-state index contributed by atoms with van der Waals surface area (Å²) in [6.07, 6.45) is 5.94. The third-order valence-electron chi connectivity index (χ3n) is 6.12. The summed E-state index contributed by atoms with van der Waals surface area (Å²) >= 11 is 0. The lowest BCUT2D eigenvalue weighted by Gasteiger charge is -2.10. The first kappa shape index (κ1) is 19.3. The second kappa shape index (κ2) is 8.25. The van der Waals surface area contributed by atoms with E-state index in [2.05, 4.69) is 125 Å². The van der Waals surface area contributed by atoms with E-state index in [0.717, 1.165) is 16.8 Å². The van der Waals surface area contributed by atoms with E-state index in [1.54, 1.807) is 0 Å². The lowest BCUT2D eigenvalue weighted by atomic mass is 9.96. The Hall–Kier alpha value is -4.43. The Kier molecular flexibility index (Phi) is 4.82. The third-order valence-corrected chi connectivity index (χ3v) is 6.12. The van der Waals surface area contributed by atoms with Crippen molar-refractivity contribution in [2.75, 3.05) is 0 Å². The Morgan fingerprint density at radius 3 is 1.73 bits per heavy atom. The van der Waals surface area contributed by atoms with Crippen LogP contribution in [0.2, 0.25) is 0 Å². The largest absolute Gasteiger partial charge is 0.309 e. The van der Waals surface area contributed by atoms with Crippen LogP contribution in [0.4, 0.5) is 0 Å². The van der Waals surface area contributed by atoms with Crippen molar-refractivity contribution >= 4 is 33.5 Å². The number of benzene rings is 4. The molecule has 0 fully saturated rings. The molecule has 0 aliphatic heterocycles. The third kappa shape index (κ3) is 3.52. The van der Waals surface area contributed by atoms with E-state index in [4.69, 9.17) is 0 Å². The molecule has 2 nitrogen and oxygen atoms in total. The molecule has 2 aromatic heterocycles. The van der Waals surface area contributed by atoms with Crippen LogP contribution in [0.3, 0.4) is 0 Å². The van der Waals surface area contributed by atoms with Gasteiger partial charge in [0.1, 0.15) is 0 Å². The molecule has 0 aliphatic carbocycles. The maximum atomic E-state index is 4.19. The van der Waals surface area contributed by atoms with Gasteiger partial charge in [-0.2, -0.15) is 0 Å². The fourth-order valence-electron chi connectivity index (χ4n) is 4.57. The number of hydrogen-bond acceptors (Lipinski definition) is 1. The summed E-state index contributed by atoms with van der Waals surface area (Å²) in [7, 11) is 0. The number of fused-ring (bicyclic) bond motifs is 3. The monoisotopic (exact) mass is 422 g/mol. The molecule has 0 bridgehead atoms. The normalized spacial score (nSPS) is 11.8. The molecule has 2 heterocycles. The Bertz CT molecular complexity index is 1480. The Labute approximate surface area is 193 Å². The number of aromatic nitrogens is 2. The minimum Gasteiger partial charge on any atom is -0.309 e. The highest BCUT2D eigenvalue weighted by atomic mass is 15.0. The van der Waals surface area contributed by atoms with Crippen molar-refractivity contribution in [3.63, 3.8) is 0 Å². The maximum absolute atomic E-state index is 4.19. The summed E-state index contributed by atoms with van der Waals surface area (Å²) in [5.74, 6) is 0. The molecule has 156 valence electrons. The molecule has 0 spiro atoms. The summed E-state index contributed by atoms with van der Waals surface area (Å²) in [4.78, 5) is 4.19. The van der Waals surface area contributed by atoms with Gasteiger partial charge in [0.25, 0.3) is 0 Å². The first-order valence-corrected chi connectivity index (χ1v) is 11.1. The van der Waals surface area contributed by atoms with Gasteiger partial charge in [0, 0.05) is 28.9 Å². The standard InChI is InChI=1S/C31H22N2/c1-2-8-24(9-3-1)29(25-18-20-32-21-19-25)22-23-14-16-26(17-15-23)33-30-12-6-4-10-27(30)28-11-5-7-13-31(28)33/h1-22H/b29-22-. The lowest BCUT2D eigenvalue weighted by Crippen LogP contribution is -1.94. The fourth-order valence-corrected chi connectivity index (χ4v) is 4.57. The molecule has 0 radical (unpaired) electrons. The average molecular weight is 423 g/mol. The van der Waals surface area contributed by atoms with E-state index in [1.165, 1.54) is 32.9 Å². The molecule has 6 aromatic rings. The van der Waals surface area contributed by atoms with Crippen LogP contribution in [0.15, 0.2) is 128 Å². The van der Waals surface area contributed by atoms with Gasteiger partial charge in [0.15, 0.2) is 0 Å². The predicted molar refractivity (Wildman–Crippen MR) is 138 cm³/mol. The van der Waals surface area contributed by atoms with Gasteiger partial charge in [-0.25, -0.2) is 0 Å². The predicted octanol–water partition coefficient (Wildman–Crippen LogP) is 7.77. The summed E-state index contributed by atoms with van der Waals surface area (Å²) in [5, 5.41) is 2.56. The van der Waals surface area contributed by atoms with Gasteiger partial charge >= 0.3 is 0 Å². The van der Waals surface area contributed by atoms with Crippen molar-refractivity contribution in [2.45, 2.75) is 0 Å². The smallest absolute Gasteiger partial charge is 0.0541 e. The molecule has 0 aliphatic rings. The number of pyridine rings is 1. The molecule has 33 heavy (non-hydrogen) atoms. The highest BCUT2D eigenvalue weighted by molar-refractivity contribution is 6.09. The maximum Gasteiger partial charge on any atom is 0.0541 e. The van der Waals surface area contributed by atoms with E-state index < -0.39 is 0 Å². The molecular formula is C31H22N2. The Morgan fingerprint density at radius 2 is 1.09 bits per heavy atom. The number of hydrogen-bond donors (Lipinski definition) is 0. The van der Waals surface area contributed by atoms with Crippen LogP contribution in [-0.4, -0.2) is 9.55 Å². The zero-order chi connectivity index (χ0) is 22.0. The molecule has 0 saturated heterocycles. The van der Waals surface area contributed by atoms with Gasteiger partial charge < -0.3 is 4.57 Å². The number of rotatable bonds is 4. The van der Waals surface area contributed by atoms with Gasteiger partial charge in [-0.05, 0) is 64.7 Å². The van der Waals surface area contributed by atoms with E-state index in [9.17, 15) is 0 Å². The van der Waals surface area contributed by atoms with Crippen LogP contribution in [-0.2, 0) is 0 Å². The summed E-state index contributed by atoms with van der Waals surface area (Å²) < 4.78 is 2.35. The van der Waals surface area contributed by atoms with Crippen LogP contribution in [0.1, 0.15) is 16.7 Å². The molecule has 0 unspecified atom stereocenters. The zero-order valence-electron chi connectivity index (χ0n) is 18.1. The molecule has 0 atom stereocenters. The van der Waals surface area contributed by atoms with E-state index in [1.807, 2.05) is 18.5 Å². The van der Waals surface area contributed by atoms with Crippen LogP contribution < -0.4 is 0 Å². The van der Waals surface area contributed by atoms with E-state index in [0.29, 0.717) is 0 Å². The molecule has 0 N–H and O–H groups in total. The summed E-state index contributed by atoms with van der Waals surface area (Å²) in [6, 6.07) is 40.7. The molecular weight excluding hydrogens is 400 g/mol. The van der Waals surface area contributed by atoms with Crippen LogP contribution in [0, 0.1) is 0 Å². The van der Waals surface area contributed by atoms with Crippen molar-refractivity contribution in [3.8, 4) is 5.69 Å². The van der Waals surface area contributed by atoms with Gasteiger partial charge in [0.2, 0.25) is 0 Å². The van der Waals surface area contributed by atoms with Gasteiger partial charge in [0.05, 0.1) is 11.0 Å². The minimum atomic E-state index is 1.16. The first-order chi connectivity index (χ1) is 16.4. The second-order valence-corrected chi connectivity index (χ2v) is 8.12. The fraction of sp³-hybridized carbons (Fsp3) is 0. The number of nitrogens with zero attached hydrogens (tertiary/aromatic N) is 2. The first-order valence-electron chi connectivity index (χ1n) is 11.1. The Balaban J connectivity index is 1.47. The molecule has 0 saturated carbocycles. The highest BCUT2D eigenvalue weighted by Crippen LogP contribution is 2.32. The van der Waals surface area contributed by atoms with Crippen molar-refractivity contribution in [1.82, 2.24) is 9.55 Å². The van der Waals surface area contributed by atoms with Gasteiger partial charge in [-0.15, -0.1) is 0 Å². The highest BCUT2D eigenvalue weighted by Gasteiger charge is 2.11.